The summed E-state index contributed by atoms with van der Waals surface area (Å²) >= 11 is 1.25. The first-order valence-corrected chi connectivity index (χ1v) is 11.0. The van der Waals surface area contributed by atoms with E-state index in [4.69, 9.17) is 4.74 Å². The molecule has 0 saturated carbocycles. The Hall–Kier alpha value is -2.91. The zero-order valence-electron chi connectivity index (χ0n) is 18.2. The molecule has 0 aliphatic carbocycles. The van der Waals surface area contributed by atoms with E-state index in [1.165, 1.54) is 11.8 Å². The Kier molecular flexibility index (Phi) is 7.64. The van der Waals surface area contributed by atoms with Gasteiger partial charge in [0.05, 0.1) is 11.9 Å². The highest BCUT2D eigenvalue weighted by Gasteiger charge is 2.30. The van der Waals surface area contributed by atoms with Crippen LogP contribution in [0.4, 0.5) is 5.69 Å². The molecule has 2 amide bonds. The van der Waals surface area contributed by atoms with E-state index >= 15 is 0 Å². The lowest BCUT2D eigenvalue weighted by molar-refractivity contribution is -0.122. The summed E-state index contributed by atoms with van der Waals surface area (Å²) in [6.45, 7) is 4.95. The highest BCUT2D eigenvalue weighted by atomic mass is 32.2. The van der Waals surface area contributed by atoms with Crippen LogP contribution in [-0.2, 0) is 21.4 Å². The third-order valence-electron chi connectivity index (χ3n) is 4.67. The van der Waals surface area contributed by atoms with Crippen LogP contribution in [0.15, 0.2) is 41.3 Å². The van der Waals surface area contributed by atoms with Gasteiger partial charge in [0.25, 0.3) is 5.91 Å². The molecule has 31 heavy (non-hydrogen) atoms. The smallest absolute Gasteiger partial charge is 0.278 e. The second-order valence-corrected chi connectivity index (χ2v) is 8.27. The summed E-state index contributed by atoms with van der Waals surface area (Å²) in [5.74, 6) is -0.173. The van der Waals surface area contributed by atoms with Crippen LogP contribution in [0.2, 0.25) is 0 Å². The molecule has 164 valence electrons. The number of carbonyl (C=O) groups excluding carboxylic acids is 2. The van der Waals surface area contributed by atoms with E-state index in [9.17, 15) is 9.59 Å². The molecular weight excluding hydrogens is 414 g/mol. The number of nitrogens with zero attached hydrogens (tertiary/aromatic N) is 4. The standard InChI is InChI=1S/C22H27N5O3S/c1-15-6-7-16(2)18(10-15)24-20(28)14-31-22-25-19(11-17-12-23-26(3)13-17)21(29)27(22)8-5-9-30-4/h6-7,10-13H,5,8-9,14H2,1-4H3,(H,24,28). The van der Waals surface area contributed by atoms with Gasteiger partial charge in [0.15, 0.2) is 5.17 Å². The Morgan fingerprint density at radius 3 is 2.84 bits per heavy atom. The van der Waals surface area contributed by atoms with Crippen LogP contribution in [0.3, 0.4) is 0 Å². The summed E-state index contributed by atoms with van der Waals surface area (Å²) in [5, 5.41) is 7.58. The molecule has 0 radical (unpaired) electrons. The molecule has 0 fully saturated rings. The predicted octanol–water partition coefficient (Wildman–Crippen LogP) is 2.98. The van der Waals surface area contributed by atoms with Gasteiger partial charge in [0.1, 0.15) is 5.70 Å². The maximum absolute atomic E-state index is 12.9. The molecule has 0 unspecified atom stereocenters. The minimum Gasteiger partial charge on any atom is -0.385 e. The number of methoxy groups -OCH3 is 1. The Morgan fingerprint density at radius 1 is 1.32 bits per heavy atom. The van der Waals surface area contributed by atoms with Gasteiger partial charge in [-0.25, -0.2) is 4.99 Å². The third-order valence-corrected chi connectivity index (χ3v) is 5.65. The van der Waals surface area contributed by atoms with E-state index in [2.05, 4.69) is 15.4 Å². The zero-order valence-corrected chi connectivity index (χ0v) is 19.0. The second kappa shape index (κ2) is 10.4. The monoisotopic (exact) mass is 441 g/mol. The molecule has 2 heterocycles. The normalized spacial score (nSPS) is 15.0. The van der Waals surface area contributed by atoms with Crippen LogP contribution in [0.1, 0.15) is 23.1 Å². The molecule has 0 bridgehead atoms. The number of rotatable bonds is 8. The number of carbonyl (C=O) groups is 2. The maximum atomic E-state index is 12.9. The summed E-state index contributed by atoms with van der Waals surface area (Å²) in [5.41, 5.74) is 4.01. The number of aryl methyl sites for hydroxylation is 3. The molecule has 3 rings (SSSR count). The van der Waals surface area contributed by atoms with Gasteiger partial charge in [-0.2, -0.15) is 5.10 Å². The molecule has 0 spiro atoms. The average Bonchev–Trinajstić information content (AvgIpc) is 3.27. The third kappa shape index (κ3) is 6.05. The molecule has 1 aromatic carbocycles. The van der Waals surface area contributed by atoms with Crippen molar-refractivity contribution in [3.05, 3.63) is 53.0 Å². The molecule has 0 atom stereocenters. The van der Waals surface area contributed by atoms with Crippen molar-refractivity contribution in [2.45, 2.75) is 20.3 Å². The van der Waals surface area contributed by atoms with Crippen LogP contribution in [0.25, 0.3) is 6.08 Å². The van der Waals surface area contributed by atoms with Crippen molar-refractivity contribution in [3.8, 4) is 0 Å². The van der Waals surface area contributed by atoms with Crippen molar-refractivity contribution in [1.29, 1.82) is 0 Å². The maximum Gasteiger partial charge on any atom is 0.278 e. The molecule has 1 N–H and O–H groups in total. The quantitative estimate of drug-likeness (QED) is 0.503. The first-order chi connectivity index (χ1) is 14.9. The van der Waals surface area contributed by atoms with Gasteiger partial charge in [-0.05, 0) is 43.5 Å². The molecule has 1 aliphatic rings. The molecule has 1 aliphatic heterocycles. The lowest BCUT2D eigenvalue weighted by atomic mass is 10.1. The van der Waals surface area contributed by atoms with Crippen molar-refractivity contribution in [1.82, 2.24) is 14.7 Å². The number of hydrogen-bond acceptors (Lipinski definition) is 6. The van der Waals surface area contributed by atoms with Crippen LogP contribution in [0.5, 0.6) is 0 Å². The van der Waals surface area contributed by atoms with E-state index in [0.717, 1.165) is 22.4 Å². The number of anilines is 1. The zero-order chi connectivity index (χ0) is 22.4. The largest absolute Gasteiger partial charge is 0.385 e. The molecular formula is C22H27N5O3S. The van der Waals surface area contributed by atoms with Gasteiger partial charge >= 0.3 is 0 Å². The molecule has 8 nitrogen and oxygen atoms in total. The van der Waals surface area contributed by atoms with E-state index < -0.39 is 0 Å². The summed E-state index contributed by atoms with van der Waals surface area (Å²) in [4.78, 5) is 31.5. The minimum absolute atomic E-state index is 0.143. The topological polar surface area (TPSA) is 88.8 Å². The van der Waals surface area contributed by atoms with E-state index in [-0.39, 0.29) is 17.6 Å². The van der Waals surface area contributed by atoms with Gasteiger partial charge in [-0.1, -0.05) is 23.9 Å². The molecule has 2 aromatic rings. The van der Waals surface area contributed by atoms with E-state index in [0.29, 0.717) is 30.4 Å². The number of amidine groups is 1. The predicted molar refractivity (Wildman–Crippen MR) is 124 cm³/mol. The molecule has 9 heteroatoms. The molecule has 1 aromatic heterocycles. The number of nitrogens with one attached hydrogen (secondary N) is 1. The summed E-state index contributed by atoms with van der Waals surface area (Å²) in [6, 6.07) is 5.93. The van der Waals surface area contributed by atoms with E-state index in [1.54, 1.807) is 29.0 Å². The van der Waals surface area contributed by atoms with Crippen molar-refractivity contribution in [3.63, 3.8) is 0 Å². The van der Waals surface area contributed by atoms with Gasteiger partial charge in [-0.3, -0.25) is 19.2 Å². The van der Waals surface area contributed by atoms with Gasteiger partial charge in [0, 0.05) is 44.8 Å². The van der Waals surface area contributed by atoms with E-state index in [1.807, 2.05) is 45.3 Å². The lowest BCUT2D eigenvalue weighted by Crippen LogP contribution is -2.32. The number of aromatic nitrogens is 2. The first-order valence-electron chi connectivity index (χ1n) is 9.97. The number of aliphatic imine (C=N–C) groups is 1. The number of thioether (sulfide) groups is 1. The summed E-state index contributed by atoms with van der Waals surface area (Å²) in [6.07, 6.45) is 5.88. The van der Waals surface area contributed by atoms with Gasteiger partial charge in [-0.15, -0.1) is 0 Å². The fourth-order valence-electron chi connectivity index (χ4n) is 3.06. The van der Waals surface area contributed by atoms with Crippen molar-refractivity contribution < 1.29 is 14.3 Å². The van der Waals surface area contributed by atoms with Crippen molar-refractivity contribution in [2.24, 2.45) is 12.0 Å². The lowest BCUT2D eigenvalue weighted by Gasteiger charge is -2.17. The Balaban J connectivity index is 1.71. The fourth-order valence-corrected chi connectivity index (χ4v) is 3.89. The van der Waals surface area contributed by atoms with Crippen LogP contribution < -0.4 is 5.32 Å². The van der Waals surface area contributed by atoms with Crippen molar-refractivity contribution in [2.75, 3.05) is 31.3 Å². The SMILES string of the molecule is COCCCN1C(=O)C(=Cc2cnn(C)c2)N=C1SCC(=O)Nc1cc(C)ccc1C. The van der Waals surface area contributed by atoms with Crippen molar-refractivity contribution >= 4 is 40.5 Å². The highest BCUT2D eigenvalue weighted by Crippen LogP contribution is 2.25. The fraction of sp³-hybridized carbons (Fsp3) is 0.364. The Bertz CT molecular complexity index is 1030. The van der Waals surface area contributed by atoms with Gasteiger partial charge < -0.3 is 10.1 Å². The average molecular weight is 442 g/mol. The van der Waals surface area contributed by atoms with Crippen LogP contribution in [0, 0.1) is 13.8 Å². The first kappa shape index (κ1) is 22.8. The number of benzene rings is 1. The number of hydrogen-bond donors (Lipinski definition) is 1. The van der Waals surface area contributed by atoms with Crippen LogP contribution in [-0.4, -0.2) is 57.7 Å². The molecule has 0 saturated heterocycles. The Labute approximate surface area is 186 Å². The Morgan fingerprint density at radius 2 is 2.13 bits per heavy atom. The summed E-state index contributed by atoms with van der Waals surface area (Å²) < 4.78 is 6.77. The highest BCUT2D eigenvalue weighted by molar-refractivity contribution is 8.14. The summed E-state index contributed by atoms with van der Waals surface area (Å²) in [7, 11) is 3.44. The minimum atomic E-state index is -0.183. The number of amides is 2. The number of ether oxygens (including phenoxy) is 1. The van der Waals surface area contributed by atoms with Gasteiger partial charge in [0.2, 0.25) is 5.91 Å². The second-order valence-electron chi connectivity index (χ2n) is 7.33. The van der Waals surface area contributed by atoms with Crippen LogP contribution >= 0.6 is 11.8 Å².